The van der Waals surface area contributed by atoms with E-state index in [0.29, 0.717) is 10.2 Å². The normalized spacial score (nSPS) is 10.4. The summed E-state index contributed by atoms with van der Waals surface area (Å²) < 4.78 is 20.0. The second kappa shape index (κ2) is 7.66. The molecular formula is C20H13BrFN3O3. The molecule has 8 heteroatoms. The molecule has 0 atom stereocenters. The van der Waals surface area contributed by atoms with Crippen molar-refractivity contribution < 1.29 is 18.7 Å². The van der Waals surface area contributed by atoms with Crippen molar-refractivity contribution in [2.24, 2.45) is 0 Å². The van der Waals surface area contributed by atoms with Crippen LogP contribution in [0.25, 0.3) is 5.69 Å². The van der Waals surface area contributed by atoms with Gasteiger partial charge in [0.1, 0.15) is 11.9 Å². The van der Waals surface area contributed by atoms with Crippen LogP contribution in [0, 0.1) is 17.1 Å². The van der Waals surface area contributed by atoms with E-state index in [2.05, 4.69) is 15.9 Å². The van der Waals surface area contributed by atoms with Crippen LogP contribution in [0.1, 0.15) is 32.0 Å². The van der Waals surface area contributed by atoms with Gasteiger partial charge in [0.05, 0.1) is 24.0 Å². The maximum Gasteiger partial charge on any atom is 0.357 e. The maximum atomic E-state index is 13.2. The van der Waals surface area contributed by atoms with Gasteiger partial charge in [-0.15, -0.1) is 0 Å². The molecule has 3 rings (SSSR count). The zero-order valence-electron chi connectivity index (χ0n) is 14.6. The molecule has 0 fully saturated rings. The Labute approximate surface area is 168 Å². The molecule has 0 aliphatic carbocycles. The van der Waals surface area contributed by atoms with Gasteiger partial charge in [0.15, 0.2) is 11.5 Å². The lowest BCUT2D eigenvalue weighted by atomic mass is 10.0. The average molecular weight is 442 g/mol. The second-order valence-electron chi connectivity index (χ2n) is 5.78. The Kier molecular flexibility index (Phi) is 5.29. The Morgan fingerprint density at radius 2 is 1.89 bits per heavy atom. The molecule has 1 aromatic heterocycles. The molecule has 0 bridgehead atoms. The first-order valence-electron chi connectivity index (χ1n) is 7.96. The predicted molar refractivity (Wildman–Crippen MR) is 104 cm³/mol. The molecule has 140 valence electrons. The van der Waals surface area contributed by atoms with E-state index in [0.717, 1.165) is 0 Å². The van der Waals surface area contributed by atoms with E-state index in [4.69, 9.17) is 10.5 Å². The number of carbonyl (C=O) groups excluding carboxylic acids is 2. The third-order valence-corrected chi connectivity index (χ3v) is 4.61. The quantitative estimate of drug-likeness (QED) is 0.489. The van der Waals surface area contributed by atoms with Crippen LogP contribution in [-0.4, -0.2) is 23.4 Å². The number of nitrogen functional groups attached to an aromatic ring is 1. The third-order valence-electron chi connectivity index (χ3n) is 4.11. The van der Waals surface area contributed by atoms with Gasteiger partial charge in [0.2, 0.25) is 0 Å². The number of aromatic nitrogens is 1. The predicted octanol–water partition coefficient (Wildman–Crippen LogP) is 3.85. The lowest BCUT2D eigenvalue weighted by Crippen LogP contribution is -2.14. The number of nitrogens with two attached hydrogens (primary N) is 1. The summed E-state index contributed by atoms with van der Waals surface area (Å²) in [6, 6.07) is 11.9. The lowest BCUT2D eigenvalue weighted by Gasteiger charge is -2.13. The van der Waals surface area contributed by atoms with E-state index in [9.17, 15) is 19.2 Å². The molecule has 0 saturated carbocycles. The number of benzene rings is 2. The van der Waals surface area contributed by atoms with Crippen molar-refractivity contribution in [2.45, 2.75) is 0 Å². The number of methoxy groups -OCH3 is 1. The first-order valence-corrected chi connectivity index (χ1v) is 8.76. The Hall–Kier alpha value is -3.44. The van der Waals surface area contributed by atoms with Crippen molar-refractivity contribution in [3.8, 4) is 11.8 Å². The number of hydrogen-bond donors (Lipinski definition) is 1. The van der Waals surface area contributed by atoms with Gasteiger partial charge in [0.25, 0.3) is 0 Å². The minimum Gasteiger partial charge on any atom is -0.464 e. The summed E-state index contributed by atoms with van der Waals surface area (Å²) in [6.07, 6.45) is 1.37. The van der Waals surface area contributed by atoms with Gasteiger partial charge in [-0.25, -0.2) is 9.18 Å². The van der Waals surface area contributed by atoms with Gasteiger partial charge in [-0.1, -0.05) is 15.9 Å². The highest BCUT2D eigenvalue weighted by molar-refractivity contribution is 9.10. The lowest BCUT2D eigenvalue weighted by molar-refractivity contribution is 0.0592. The summed E-state index contributed by atoms with van der Waals surface area (Å²) in [7, 11) is 1.19. The van der Waals surface area contributed by atoms with Crippen molar-refractivity contribution in [3.05, 3.63) is 81.3 Å². The largest absolute Gasteiger partial charge is 0.464 e. The van der Waals surface area contributed by atoms with Crippen molar-refractivity contribution >= 4 is 33.4 Å². The first kappa shape index (κ1) is 19.3. The Balaban J connectivity index is 2.25. The zero-order chi connectivity index (χ0) is 20.4. The summed E-state index contributed by atoms with van der Waals surface area (Å²) in [4.78, 5) is 25.3. The van der Waals surface area contributed by atoms with Gasteiger partial charge in [-0.2, -0.15) is 5.26 Å². The number of ketones is 1. The highest BCUT2D eigenvalue weighted by Crippen LogP contribution is 2.29. The molecule has 0 unspecified atom stereocenters. The van der Waals surface area contributed by atoms with E-state index in [-0.39, 0.29) is 28.1 Å². The van der Waals surface area contributed by atoms with Gasteiger partial charge in [0, 0.05) is 21.8 Å². The summed E-state index contributed by atoms with van der Waals surface area (Å²) in [5, 5.41) is 9.28. The molecule has 2 N–H and O–H groups in total. The van der Waals surface area contributed by atoms with Crippen molar-refractivity contribution in [1.29, 1.82) is 5.26 Å². The number of halogens is 2. The van der Waals surface area contributed by atoms with Crippen molar-refractivity contribution in [3.63, 3.8) is 0 Å². The molecule has 0 spiro atoms. The highest BCUT2D eigenvalue weighted by Gasteiger charge is 2.25. The molecule has 0 aliphatic heterocycles. The SMILES string of the molecule is COC(=O)c1c(N)c(C#N)cn1-c1ccc(Br)cc1C(=O)c1ccc(F)cc1. The number of nitriles is 1. The molecule has 0 saturated heterocycles. The number of anilines is 1. The zero-order valence-corrected chi connectivity index (χ0v) is 16.2. The smallest absolute Gasteiger partial charge is 0.357 e. The van der Waals surface area contributed by atoms with E-state index in [1.54, 1.807) is 18.2 Å². The van der Waals surface area contributed by atoms with Gasteiger partial charge < -0.3 is 15.0 Å². The Morgan fingerprint density at radius 3 is 2.50 bits per heavy atom. The van der Waals surface area contributed by atoms with E-state index >= 15 is 0 Å². The summed E-state index contributed by atoms with van der Waals surface area (Å²) >= 11 is 3.33. The average Bonchev–Trinajstić information content (AvgIpc) is 3.03. The van der Waals surface area contributed by atoms with E-state index < -0.39 is 17.6 Å². The van der Waals surface area contributed by atoms with Crippen LogP contribution in [0.3, 0.4) is 0 Å². The molecule has 1 heterocycles. The molecule has 6 nitrogen and oxygen atoms in total. The molecule has 0 amide bonds. The number of hydrogen-bond acceptors (Lipinski definition) is 5. The van der Waals surface area contributed by atoms with Crippen molar-refractivity contribution in [2.75, 3.05) is 12.8 Å². The molecule has 2 aromatic carbocycles. The number of nitrogens with zero attached hydrogens (tertiary/aromatic N) is 2. The minimum absolute atomic E-state index is 0.0440. The summed E-state index contributed by atoms with van der Waals surface area (Å²) in [5.41, 5.74) is 6.72. The van der Waals surface area contributed by atoms with Crippen LogP contribution in [0.2, 0.25) is 0 Å². The number of carbonyl (C=O) groups is 2. The second-order valence-corrected chi connectivity index (χ2v) is 6.69. The van der Waals surface area contributed by atoms with Crippen LogP contribution in [0.5, 0.6) is 0 Å². The third kappa shape index (κ3) is 3.40. The fraction of sp³-hybridized carbons (Fsp3) is 0.0500. The Bertz CT molecular complexity index is 1130. The number of rotatable bonds is 4. The molecule has 28 heavy (non-hydrogen) atoms. The topological polar surface area (TPSA) is 98.1 Å². The van der Waals surface area contributed by atoms with Crippen LogP contribution in [-0.2, 0) is 4.74 Å². The maximum absolute atomic E-state index is 13.2. The Morgan fingerprint density at radius 1 is 1.21 bits per heavy atom. The van der Waals surface area contributed by atoms with Crippen LogP contribution < -0.4 is 5.73 Å². The van der Waals surface area contributed by atoms with Crippen LogP contribution in [0.15, 0.2) is 53.1 Å². The fourth-order valence-corrected chi connectivity index (χ4v) is 3.12. The fourth-order valence-electron chi connectivity index (χ4n) is 2.76. The summed E-state index contributed by atoms with van der Waals surface area (Å²) in [5.74, 6) is -1.60. The first-order chi connectivity index (χ1) is 13.4. The van der Waals surface area contributed by atoms with Gasteiger partial charge in [-0.05, 0) is 42.5 Å². The van der Waals surface area contributed by atoms with Gasteiger partial charge in [-0.3, -0.25) is 4.79 Å². The van der Waals surface area contributed by atoms with Crippen LogP contribution in [0.4, 0.5) is 10.1 Å². The van der Waals surface area contributed by atoms with Gasteiger partial charge >= 0.3 is 5.97 Å². The molecular weight excluding hydrogens is 429 g/mol. The molecule has 0 aliphatic rings. The molecule has 0 radical (unpaired) electrons. The van der Waals surface area contributed by atoms with E-state index in [1.165, 1.54) is 42.1 Å². The molecule has 3 aromatic rings. The number of esters is 1. The van der Waals surface area contributed by atoms with Crippen molar-refractivity contribution in [1.82, 2.24) is 4.57 Å². The minimum atomic E-state index is -0.748. The van der Waals surface area contributed by atoms with Crippen LogP contribution >= 0.6 is 15.9 Å². The number of ether oxygens (including phenoxy) is 1. The monoisotopic (exact) mass is 441 g/mol. The highest BCUT2D eigenvalue weighted by atomic mass is 79.9. The summed E-state index contributed by atoms with van der Waals surface area (Å²) in [6.45, 7) is 0. The standard InChI is InChI=1S/C20H13BrFN3O3/c1-28-20(27)18-17(24)12(9-23)10-25(18)16-7-4-13(21)8-15(16)19(26)11-2-5-14(22)6-3-11/h2-8,10H,24H2,1H3. The van der Waals surface area contributed by atoms with E-state index in [1.807, 2.05) is 6.07 Å².